The summed E-state index contributed by atoms with van der Waals surface area (Å²) >= 11 is 0. The van der Waals surface area contributed by atoms with E-state index in [2.05, 4.69) is 10.4 Å². The molecule has 14 heavy (non-hydrogen) atoms. The third-order valence-corrected chi connectivity index (χ3v) is 1.81. The molecule has 0 spiro atoms. The summed E-state index contributed by atoms with van der Waals surface area (Å²) < 4.78 is 1.70. The summed E-state index contributed by atoms with van der Waals surface area (Å²) in [5.41, 5.74) is 0. The van der Waals surface area contributed by atoms with E-state index in [4.69, 9.17) is 5.11 Å². The van der Waals surface area contributed by atoms with Gasteiger partial charge in [0.05, 0.1) is 6.61 Å². The van der Waals surface area contributed by atoms with Crippen molar-refractivity contribution in [1.29, 1.82) is 0 Å². The first-order valence-electron chi connectivity index (χ1n) is 4.60. The van der Waals surface area contributed by atoms with Gasteiger partial charge in [-0.1, -0.05) is 0 Å². The molecule has 5 nitrogen and oxygen atoms in total. The van der Waals surface area contributed by atoms with Gasteiger partial charge >= 0.3 is 0 Å². The van der Waals surface area contributed by atoms with Crippen molar-refractivity contribution in [3.63, 3.8) is 0 Å². The maximum Gasteiger partial charge on any atom is 0.222 e. The number of aryl methyl sites for hydroxylation is 1. The Labute approximate surface area is 82.7 Å². The van der Waals surface area contributed by atoms with Gasteiger partial charge in [0.25, 0.3) is 0 Å². The summed E-state index contributed by atoms with van der Waals surface area (Å²) in [5.74, 6) is -0.0675. The van der Waals surface area contributed by atoms with Crippen molar-refractivity contribution in [2.24, 2.45) is 0 Å². The molecule has 2 N–H and O–H groups in total. The third kappa shape index (κ3) is 3.57. The molecule has 0 saturated carbocycles. The molecular weight excluding hydrogens is 182 g/mol. The fraction of sp³-hybridized carbons (Fsp3) is 0.556. The molecule has 1 amide bonds. The van der Waals surface area contributed by atoms with Gasteiger partial charge in [-0.3, -0.25) is 9.48 Å². The first-order chi connectivity index (χ1) is 6.72. The molecule has 0 aliphatic carbocycles. The van der Waals surface area contributed by atoms with Gasteiger partial charge in [0, 0.05) is 31.4 Å². The minimum absolute atomic E-state index is 0.0342. The number of carbonyl (C=O) groups excluding carboxylic acids is 1. The number of carbonyl (C=O) groups is 1. The van der Waals surface area contributed by atoms with Crippen LogP contribution < -0.4 is 5.32 Å². The van der Waals surface area contributed by atoms with Crippen LogP contribution in [0.25, 0.3) is 0 Å². The number of amides is 1. The fourth-order valence-corrected chi connectivity index (χ4v) is 1.04. The lowest BCUT2D eigenvalue weighted by atomic mass is 10.3. The predicted octanol–water partition coefficient (Wildman–Crippen LogP) is -0.230. The van der Waals surface area contributed by atoms with Crippen LogP contribution in [0, 0.1) is 0 Å². The summed E-state index contributed by atoms with van der Waals surface area (Å²) in [6.45, 7) is 2.29. The second-order valence-corrected chi connectivity index (χ2v) is 3.17. The summed E-state index contributed by atoms with van der Waals surface area (Å²) in [6, 6.07) is 1.63. The van der Waals surface area contributed by atoms with Crippen molar-refractivity contribution < 1.29 is 9.90 Å². The molecule has 0 aliphatic heterocycles. The van der Waals surface area contributed by atoms with Crippen LogP contribution in [0.3, 0.4) is 0 Å². The molecule has 0 bridgehead atoms. The third-order valence-electron chi connectivity index (χ3n) is 1.81. The molecule has 0 aliphatic rings. The number of aliphatic hydroxyl groups is 1. The zero-order valence-corrected chi connectivity index (χ0v) is 8.18. The maximum absolute atomic E-state index is 11.2. The molecule has 1 aromatic rings. The smallest absolute Gasteiger partial charge is 0.222 e. The lowest BCUT2D eigenvalue weighted by molar-refractivity contribution is -0.122. The van der Waals surface area contributed by atoms with Crippen molar-refractivity contribution in [3.05, 3.63) is 18.5 Å². The molecule has 1 atom stereocenters. The molecule has 1 aromatic heterocycles. The lowest BCUT2D eigenvalue weighted by Crippen LogP contribution is -2.35. The molecule has 5 heteroatoms. The van der Waals surface area contributed by atoms with Gasteiger partial charge in [-0.25, -0.2) is 0 Å². The molecule has 0 fully saturated rings. The second-order valence-electron chi connectivity index (χ2n) is 3.17. The van der Waals surface area contributed by atoms with Crippen LogP contribution in [0.4, 0.5) is 0 Å². The van der Waals surface area contributed by atoms with E-state index in [1.165, 1.54) is 0 Å². The predicted molar refractivity (Wildman–Crippen MR) is 51.5 cm³/mol. The Morgan fingerprint density at radius 3 is 3.07 bits per heavy atom. The summed E-state index contributed by atoms with van der Waals surface area (Å²) in [7, 11) is 0. The summed E-state index contributed by atoms with van der Waals surface area (Å²) in [5, 5.41) is 15.3. The molecular formula is C9H15N3O2. The first kappa shape index (κ1) is 10.7. The Bertz CT molecular complexity index is 272. The van der Waals surface area contributed by atoms with E-state index in [1.807, 2.05) is 12.3 Å². The maximum atomic E-state index is 11.2. The van der Waals surface area contributed by atoms with Crippen molar-refractivity contribution >= 4 is 5.91 Å². The van der Waals surface area contributed by atoms with Crippen LogP contribution in [0.2, 0.25) is 0 Å². The van der Waals surface area contributed by atoms with Crippen molar-refractivity contribution in [3.8, 4) is 0 Å². The highest BCUT2D eigenvalue weighted by Gasteiger charge is 2.05. The van der Waals surface area contributed by atoms with E-state index >= 15 is 0 Å². The van der Waals surface area contributed by atoms with Crippen molar-refractivity contribution in [2.75, 3.05) is 6.61 Å². The molecule has 0 unspecified atom stereocenters. The van der Waals surface area contributed by atoms with Crippen molar-refractivity contribution in [1.82, 2.24) is 15.1 Å². The largest absolute Gasteiger partial charge is 0.394 e. The van der Waals surface area contributed by atoms with Gasteiger partial charge in [-0.15, -0.1) is 0 Å². The van der Waals surface area contributed by atoms with Gasteiger partial charge in [-0.2, -0.15) is 5.10 Å². The van der Waals surface area contributed by atoms with E-state index < -0.39 is 0 Å². The Morgan fingerprint density at radius 2 is 2.50 bits per heavy atom. The van der Waals surface area contributed by atoms with E-state index in [0.29, 0.717) is 13.0 Å². The highest BCUT2D eigenvalue weighted by molar-refractivity contribution is 5.76. The summed E-state index contributed by atoms with van der Waals surface area (Å²) in [4.78, 5) is 11.2. The van der Waals surface area contributed by atoms with E-state index in [9.17, 15) is 4.79 Å². The normalized spacial score (nSPS) is 12.4. The lowest BCUT2D eigenvalue weighted by Gasteiger charge is -2.10. The Kier molecular flexibility index (Phi) is 4.12. The van der Waals surface area contributed by atoms with Gasteiger partial charge in [0.15, 0.2) is 0 Å². The van der Waals surface area contributed by atoms with Crippen LogP contribution in [0.15, 0.2) is 18.5 Å². The van der Waals surface area contributed by atoms with E-state index in [-0.39, 0.29) is 18.6 Å². The number of hydrogen-bond donors (Lipinski definition) is 2. The van der Waals surface area contributed by atoms with Gasteiger partial charge in [-0.05, 0) is 13.0 Å². The average Bonchev–Trinajstić information content (AvgIpc) is 2.67. The van der Waals surface area contributed by atoms with Crippen LogP contribution >= 0.6 is 0 Å². The van der Waals surface area contributed by atoms with E-state index in [1.54, 1.807) is 17.8 Å². The van der Waals surface area contributed by atoms with Gasteiger partial charge in [0.1, 0.15) is 0 Å². The van der Waals surface area contributed by atoms with Crippen molar-refractivity contribution in [2.45, 2.75) is 25.9 Å². The zero-order chi connectivity index (χ0) is 10.4. The van der Waals surface area contributed by atoms with Crippen LogP contribution in [0.5, 0.6) is 0 Å². The highest BCUT2D eigenvalue weighted by atomic mass is 16.3. The van der Waals surface area contributed by atoms with E-state index in [0.717, 1.165) is 0 Å². The number of aliphatic hydroxyl groups excluding tert-OH is 1. The molecule has 0 saturated heterocycles. The minimum Gasteiger partial charge on any atom is -0.394 e. The minimum atomic E-state index is -0.180. The number of hydrogen-bond acceptors (Lipinski definition) is 3. The Morgan fingerprint density at radius 1 is 1.71 bits per heavy atom. The van der Waals surface area contributed by atoms with Gasteiger partial charge in [0.2, 0.25) is 5.91 Å². The molecule has 0 aromatic carbocycles. The monoisotopic (exact) mass is 197 g/mol. The molecule has 78 valence electrons. The van der Waals surface area contributed by atoms with Crippen LogP contribution in [-0.2, 0) is 11.3 Å². The van der Waals surface area contributed by atoms with Crippen LogP contribution in [0.1, 0.15) is 13.3 Å². The average molecular weight is 197 g/mol. The Balaban J connectivity index is 2.22. The Hall–Kier alpha value is -1.36. The SMILES string of the molecule is C[C@H](CO)NC(=O)CCn1cccn1. The fourth-order valence-electron chi connectivity index (χ4n) is 1.04. The zero-order valence-electron chi connectivity index (χ0n) is 8.18. The number of rotatable bonds is 5. The molecule has 1 rings (SSSR count). The first-order valence-corrected chi connectivity index (χ1v) is 4.60. The number of aromatic nitrogens is 2. The standard InChI is InChI=1S/C9H15N3O2/c1-8(7-13)11-9(14)3-6-12-5-2-4-10-12/h2,4-5,8,13H,3,6-7H2,1H3,(H,11,14)/t8-/m1/s1. The number of nitrogens with one attached hydrogen (secondary N) is 1. The topological polar surface area (TPSA) is 67.2 Å². The number of nitrogens with zero attached hydrogens (tertiary/aromatic N) is 2. The quantitative estimate of drug-likeness (QED) is 0.685. The second kappa shape index (κ2) is 5.39. The van der Waals surface area contributed by atoms with Crippen LogP contribution in [-0.4, -0.2) is 33.4 Å². The summed E-state index contributed by atoms with van der Waals surface area (Å²) in [6.07, 6.45) is 3.86. The molecule has 1 heterocycles. The van der Waals surface area contributed by atoms with Gasteiger partial charge < -0.3 is 10.4 Å². The highest BCUT2D eigenvalue weighted by Crippen LogP contribution is 1.90. The molecule has 0 radical (unpaired) electrons.